The predicted molar refractivity (Wildman–Crippen MR) is 228 cm³/mol. The van der Waals surface area contributed by atoms with Crippen LogP contribution in [0.2, 0.25) is 0 Å². The molecular formula is C45H77N3O13. The van der Waals surface area contributed by atoms with E-state index in [1.54, 1.807) is 65.8 Å². The Bertz CT molecular complexity index is 1580. The van der Waals surface area contributed by atoms with E-state index in [1.165, 1.54) is 14.0 Å². The molecule has 4 rings (SSSR count). The van der Waals surface area contributed by atoms with Crippen molar-refractivity contribution >= 4 is 11.9 Å². The number of primary amides is 1. The van der Waals surface area contributed by atoms with Crippen molar-refractivity contribution in [1.82, 2.24) is 9.80 Å². The number of amides is 1. The van der Waals surface area contributed by atoms with Crippen LogP contribution in [0.1, 0.15) is 105 Å². The SMILES string of the molecule is CC[C@H]1OC(=O)[C@H](C)[C@@H](O[C@H]2C[C@@](C)(OC)[C@@H](O)[C@H](C)O2)[C@H](C)[C@@H](O[C@@H]2O[C@H](C)C[C@H](N(C)C)[C@H]2Oc2ccc(C(N)=O)cc2)[C@](C)(O)C[C@@H](C)CN(C)[C@H](C)[C@@H](O)[C@]1(C)O. The van der Waals surface area contributed by atoms with E-state index in [-0.39, 0.29) is 37.3 Å². The molecule has 61 heavy (non-hydrogen) atoms. The lowest BCUT2D eigenvalue weighted by atomic mass is 9.77. The minimum absolute atomic E-state index is 0.111. The number of aliphatic hydroxyl groups is 4. The van der Waals surface area contributed by atoms with Gasteiger partial charge in [0.05, 0.1) is 47.6 Å². The van der Waals surface area contributed by atoms with Gasteiger partial charge >= 0.3 is 5.97 Å². The topological polar surface area (TPSA) is 212 Å². The van der Waals surface area contributed by atoms with E-state index in [0.29, 0.717) is 24.3 Å². The third kappa shape index (κ3) is 11.8. The Hall–Kier alpha value is -2.48. The maximum Gasteiger partial charge on any atom is 0.311 e. The maximum atomic E-state index is 14.5. The quantitative estimate of drug-likeness (QED) is 0.214. The Morgan fingerprint density at radius 1 is 0.951 bits per heavy atom. The first-order valence-electron chi connectivity index (χ1n) is 21.9. The highest BCUT2D eigenvalue weighted by molar-refractivity contribution is 5.92. The van der Waals surface area contributed by atoms with Crippen LogP contribution in [-0.2, 0) is 33.2 Å². The Morgan fingerprint density at radius 2 is 1.57 bits per heavy atom. The van der Waals surface area contributed by atoms with E-state index in [9.17, 15) is 30.0 Å². The highest BCUT2D eigenvalue weighted by Gasteiger charge is 2.53. The van der Waals surface area contributed by atoms with Gasteiger partial charge in [0, 0.05) is 37.6 Å². The monoisotopic (exact) mass is 868 g/mol. The zero-order valence-electron chi connectivity index (χ0n) is 38.9. The van der Waals surface area contributed by atoms with Crippen LogP contribution in [0.15, 0.2) is 24.3 Å². The number of cyclic esters (lactones) is 1. The van der Waals surface area contributed by atoms with Gasteiger partial charge in [-0.3, -0.25) is 9.59 Å². The summed E-state index contributed by atoms with van der Waals surface area (Å²) in [6.07, 6.45) is -8.13. The second kappa shape index (κ2) is 20.6. The van der Waals surface area contributed by atoms with Crippen molar-refractivity contribution in [2.24, 2.45) is 23.5 Å². The molecule has 3 heterocycles. The molecule has 1 aromatic rings. The molecule has 3 fully saturated rings. The van der Waals surface area contributed by atoms with Gasteiger partial charge in [-0.05, 0) is 119 Å². The van der Waals surface area contributed by atoms with Crippen molar-refractivity contribution in [1.29, 1.82) is 0 Å². The average molecular weight is 868 g/mol. The summed E-state index contributed by atoms with van der Waals surface area (Å²) in [7, 11) is 7.24. The van der Waals surface area contributed by atoms with Gasteiger partial charge in [-0.25, -0.2) is 0 Å². The van der Waals surface area contributed by atoms with Crippen LogP contribution >= 0.6 is 0 Å². The van der Waals surface area contributed by atoms with E-state index >= 15 is 0 Å². The van der Waals surface area contributed by atoms with Crippen LogP contribution < -0.4 is 10.5 Å². The first kappa shape index (κ1) is 51.2. The fraction of sp³-hybridized carbons (Fsp3) is 0.822. The summed E-state index contributed by atoms with van der Waals surface area (Å²) in [5.41, 5.74) is 1.36. The zero-order chi connectivity index (χ0) is 45.9. The second-order valence-electron chi connectivity index (χ2n) is 19.1. The molecule has 16 nitrogen and oxygen atoms in total. The number of esters is 1. The first-order valence-corrected chi connectivity index (χ1v) is 21.9. The third-order valence-corrected chi connectivity index (χ3v) is 13.6. The number of ether oxygens (including phenoxy) is 7. The van der Waals surface area contributed by atoms with Crippen LogP contribution in [0.5, 0.6) is 5.75 Å². The standard InChI is InChI=1S/C45H77N3O13/c1-15-33-45(10,54)37(49)28(6)48(13)23-24(2)21-43(8,53)39(26(4)35(27(5)41(52)59-33)60-34-22-44(9,55-14)38(50)29(7)57-34)61-42-36(32(47(11)12)20-25(3)56-42)58-31-18-16-30(17-19-31)40(46)51/h16-19,24-29,32-39,42,49-50,53-54H,15,20-23H2,1-14H3,(H2,46,51)/t24-,25-,26+,27-,28-,29+,32+,33-,34+,35+,36-,37-,38+,39-,42+,43-,44-,45-/m1/s1. The van der Waals surface area contributed by atoms with Crippen LogP contribution in [0.3, 0.4) is 0 Å². The lowest BCUT2D eigenvalue weighted by Crippen LogP contribution is -2.61. The number of methoxy groups -OCH3 is 1. The summed E-state index contributed by atoms with van der Waals surface area (Å²) in [4.78, 5) is 30.3. The Labute approximate surface area is 363 Å². The van der Waals surface area contributed by atoms with E-state index in [1.807, 2.05) is 51.7 Å². The molecule has 3 aliphatic rings. The van der Waals surface area contributed by atoms with Crippen LogP contribution in [0, 0.1) is 17.8 Å². The number of hydrogen-bond acceptors (Lipinski definition) is 15. The molecule has 18 atom stereocenters. The van der Waals surface area contributed by atoms with Crippen molar-refractivity contribution in [3.05, 3.63) is 29.8 Å². The molecule has 3 aliphatic heterocycles. The number of hydrogen-bond donors (Lipinski definition) is 5. The molecule has 1 amide bonds. The smallest absolute Gasteiger partial charge is 0.311 e. The van der Waals surface area contributed by atoms with Crippen molar-refractivity contribution in [2.75, 3.05) is 34.8 Å². The second-order valence-corrected chi connectivity index (χ2v) is 19.1. The zero-order valence-corrected chi connectivity index (χ0v) is 38.9. The molecule has 0 aliphatic carbocycles. The lowest BCUT2D eigenvalue weighted by molar-refractivity contribution is -0.316. The Balaban J connectivity index is 1.87. The largest absolute Gasteiger partial charge is 0.483 e. The fourth-order valence-electron chi connectivity index (χ4n) is 9.70. The molecule has 0 unspecified atom stereocenters. The van der Waals surface area contributed by atoms with Gasteiger partial charge in [-0.1, -0.05) is 20.8 Å². The summed E-state index contributed by atoms with van der Waals surface area (Å²) in [5.74, 6) is -2.82. The Kier molecular flexibility index (Phi) is 17.2. The maximum absolute atomic E-state index is 14.5. The summed E-state index contributed by atoms with van der Waals surface area (Å²) in [6, 6.07) is 5.71. The summed E-state index contributed by atoms with van der Waals surface area (Å²) < 4.78 is 45.3. The number of nitrogens with zero attached hydrogens (tertiary/aromatic N) is 2. The highest BCUT2D eigenvalue weighted by Crippen LogP contribution is 2.41. The Morgan fingerprint density at radius 3 is 2.13 bits per heavy atom. The van der Waals surface area contributed by atoms with Crippen molar-refractivity contribution in [3.8, 4) is 5.75 Å². The van der Waals surface area contributed by atoms with Gasteiger partial charge in [-0.15, -0.1) is 0 Å². The predicted octanol–water partition coefficient (Wildman–Crippen LogP) is 3.09. The summed E-state index contributed by atoms with van der Waals surface area (Å²) in [5, 5.41) is 47.4. The van der Waals surface area contributed by atoms with Gasteiger partial charge < -0.3 is 69.1 Å². The number of carbonyl (C=O) groups is 2. The molecule has 350 valence electrons. The lowest BCUT2D eigenvalue weighted by Gasteiger charge is -2.49. The van der Waals surface area contributed by atoms with Crippen LogP contribution in [0.4, 0.5) is 0 Å². The van der Waals surface area contributed by atoms with Gasteiger partial charge in [0.2, 0.25) is 5.91 Å². The van der Waals surface area contributed by atoms with E-state index in [2.05, 4.69) is 0 Å². The van der Waals surface area contributed by atoms with Gasteiger partial charge in [0.1, 0.15) is 29.7 Å². The molecule has 0 spiro atoms. The first-order chi connectivity index (χ1) is 28.3. The molecule has 1 aromatic carbocycles. The van der Waals surface area contributed by atoms with E-state index < -0.39 is 102 Å². The van der Waals surface area contributed by atoms with Gasteiger partial charge in [0.15, 0.2) is 18.7 Å². The molecule has 0 aromatic heterocycles. The molecule has 0 radical (unpaired) electrons. The molecule has 0 bridgehead atoms. The van der Waals surface area contributed by atoms with E-state index in [4.69, 9.17) is 38.9 Å². The van der Waals surface area contributed by atoms with Crippen LogP contribution in [-0.4, -0.2) is 167 Å². The minimum atomic E-state index is -1.83. The number of carbonyl (C=O) groups excluding carboxylic acids is 2. The molecule has 6 N–H and O–H groups in total. The highest BCUT2D eigenvalue weighted by atomic mass is 16.7. The van der Waals surface area contributed by atoms with Crippen LogP contribution in [0.25, 0.3) is 0 Å². The number of nitrogens with two attached hydrogens (primary N) is 1. The molecule has 3 saturated heterocycles. The minimum Gasteiger partial charge on any atom is -0.483 e. The molecule has 16 heteroatoms. The van der Waals surface area contributed by atoms with Crippen molar-refractivity contribution in [3.63, 3.8) is 0 Å². The number of benzene rings is 1. The van der Waals surface area contributed by atoms with Crippen molar-refractivity contribution < 1.29 is 63.2 Å². The van der Waals surface area contributed by atoms with Gasteiger partial charge in [-0.2, -0.15) is 0 Å². The molecule has 0 saturated carbocycles. The fourth-order valence-corrected chi connectivity index (χ4v) is 9.70. The average Bonchev–Trinajstić information content (AvgIpc) is 3.18. The number of rotatable bonds is 10. The number of aliphatic hydroxyl groups excluding tert-OH is 2. The van der Waals surface area contributed by atoms with E-state index in [0.717, 1.165) is 0 Å². The summed E-state index contributed by atoms with van der Waals surface area (Å²) in [6.45, 7) is 18.1. The number of likely N-dealkylation sites (N-methyl/N-ethyl adjacent to an activating group) is 2. The van der Waals surface area contributed by atoms with Gasteiger partial charge in [0.25, 0.3) is 0 Å². The third-order valence-electron chi connectivity index (χ3n) is 13.6. The van der Waals surface area contributed by atoms with Crippen molar-refractivity contribution in [2.45, 2.75) is 185 Å². The summed E-state index contributed by atoms with van der Waals surface area (Å²) >= 11 is 0. The normalized spacial score (nSPS) is 43.9. The molecular weight excluding hydrogens is 791 g/mol.